The number of benzene rings is 1. The van der Waals surface area contributed by atoms with Gasteiger partial charge in [0.05, 0.1) is 11.3 Å². The molecular weight excluding hydrogens is 346 g/mol. The molecular formula is C15H15N5O4S. The molecule has 3 rings (SSSR count). The lowest BCUT2D eigenvalue weighted by Gasteiger charge is -2.13. The van der Waals surface area contributed by atoms with Gasteiger partial charge < -0.3 is 4.90 Å². The van der Waals surface area contributed by atoms with Crippen molar-refractivity contribution in [3.8, 4) is 0 Å². The van der Waals surface area contributed by atoms with E-state index in [0.29, 0.717) is 5.01 Å². The van der Waals surface area contributed by atoms with Gasteiger partial charge in [-0.25, -0.2) is 0 Å². The number of anilines is 1. The highest BCUT2D eigenvalue weighted by Crippen LogP contribution is 2.19. The van der Waals surface area contributed by atoms with Crippen LogP contribution in [0.5, 0.6) is 0 Å². The van der Waals surface area contributed by atoms with Crippen molar-refractivity contribution in [1.29, 1.82) is 0 Å². The molecule has 10 heteroatoms. The van der Waals surface area contributed by atoms with Crippen LogP contribution in [0, 0.1) is 10.1 Å². The summed E-state index contributed by atoms with van der Waals surface area (Å²) in [5, 5.41) is 21.9. The van der Waals surface area contributed by atoms with E-state index in [9.17, 15) is 19.7 Å². The minimum Gasteiger partial charge on any atom is -0.342 e. The number of aromatic nitrogens is 2. The fraction of sp³-hybridized carbons (Fsp3) is 0.333. The molecule has 1 aliphatic rings. The zero-order chi connectivity index (χ0) is 17.8. The van der Waals surface area contributed by atoms with Gasteiger partial charge in [0.1, 0.15) is 5.01 Å². The average Bonchev–Trinajstić information content (AvgIpc) is 3.27. The lowest BCUT2D eigenvalue weighted by atomic mass is 10.2. The molecule has 2 aromatic rings. The molecule has 1 aromatic heterocycles. The first-order chi connectivity index (χ1) is 12.0. The van der Waals surface area contributed by atoms with Crippen molar-refractivity contribution >= 4 is 34.0 Å². The second kappa shape index (κ2) is 7.34. The van der Waals surface area contributed by atoms with Crippen molar-refractivity contribution in [1.82, 2.24) is 15.1 Å². The van der Waals surface area contributed by atoms with E-state index in [1.54, 1.807) is 4.90 Å². The molecule has 0 radical (unpaired) electrons. The van der Waals surface area contributed by atoms with E-state index >= 15 is 0 Å². The maximum atomic E-state index is 12.2. The number of nitro groups is 1. The fourth-order valence-electron chi connectivity index (χ4n) is 2.51. The predicted octanol–water partition coefficient (Wildman–Crippen LogP) is 1.86. The number of nitrogens with zero attached hydrogens (tertiary/aromatic N) is 4. The van der Waals surface area contributed by atoms with Gasteiger partial charge in [0.25, 0.3) is 11.6 Å². The maximum Gasteiger partial charge on any atom is 0.270 e. The molecule has 0 saturated carbocycles. The highest BCUT2D eigenvalue weighted by Gasteiger charge is 2.20. The highest BCUT2D eigenvalue weighted by molar-refractivity contribution is 7.15. The number of amides is 2. The minimum atomic E-state index is -0.566. The lowest BCUT2D eigenvalue weighted by Crippen LogP contribution is -2.28. The van der Waals surface area contributed by atoms with Crippen LogP contribution < -0.4 is 5.32 Å². The Labute approximate surface area is 146 Å². The van der Waals surface area contributed by atoms with Crippen LogP contribution in [0.1, 0.15) is 28.2 Å². The van der Waals surface area contributed by atoms with Crippen molar-refractivity contribution in [2.45, 2.75) is 19.3 Å². The quantitative estimate of drug-likeness (QED) is 0.641. The molecule has 1 aromatic carbocycles. The number of rotatable bonds is 5. The van der Waals surface area contributed by atoms with Crippen LogP contribution in [0.2, 0.25) is 0 Å². The molecule has 0 aliphatic carbocycles. The number of non-ortho nitro benzene ring substituents is 1. The second-order valence-corrected chi connectivity index (χ2v) is 6.59. The Bertz CT molecular complexity index is 816. The smallest absolute Gasteiger partial charge is 0.270 e. The van der Waals surface area contributed by atoms with Gasteiger partial charge in [0.2, 0.25) is 11.0 Å². The van der Waals surface area contributed by atoms with E-state index in [1.165, 1.54) is 24.3 Å². The van der Waals surface area contributed by atoms with Crippen molar-refractivity contribution in [3.05, 3.63) is 45.0 Å². The van der Waals surface area contributed by atoms with Crippen LogP contribution in [0.3, 0.4) is 0 Å². The van der Waals surface area contributed by atoms with Crippen LogP contribution in [0.25, 0.3) is 0 Å². The molecule has 0 atom stereocenters. The number of hydrogen-bond acceptors (Lipinski definition) is 7. The lowest BCUT2D eigenvalue weighted by molar-refractivity contribution is -0.384. The summed E-state index contributed by atoms with van der Waals surface area (Å²) in [4.78, 5) is 36.2. The molecule has 1 N–H and O–H groups in total. The zero-order valence-corrected chi connectivity index (χ0v) is 14.0. The van der Waals surface area contributed by atoms with Crippen LogP contribution in [-0.4, -0.2) is 44.9 Å². The van der Waals surface area contributed by atoms with Crippen LogP contribution in [0.4, 0.5) is 10.8 Å². The van der Waals surface area contributed by atoms with Crippen molar-refractivity contribution in [2.24, 2.45) is 0 Å². The molecule has 1 saturated heterocycles. The Morgan fingerprint density at radius 3 is 2.76 bits per heavy atom. The summed E-state index contributed by atoms with van der Waals surface area (Å²) in [5.41, 5.74) is -0.0131. The van der Waals surface area contributed by atoms with Crippen molar-refractivity contribution in [2.75, 3.05) is 18.4 Å². The molecule has 25 heavy (non-hydrogen) atoms. The number of nitro benzene ring substituents is 1. The first-order valence-corrected chi connectivity index (χ1v) is 8.50. The number of hydrogen-bond donors (Lipinski definition) is 1. The molecule has 1 fully saturated rings. The summed E-state index contributed by atoms with van der Waals surface area (Å²) >= 11 is 1.12. The van der Waals surface area contributed by atoms with E-state index in [1.807, 2.05) is 0 Å². The van der Waals surface area contributed by atoms with E-state index in [4.69, 9.17) is 0 Å². The molecule has 0 spiro atoms. The topological polar surface area (TPSA) is 118 Å². The standard InChI is InChI=1S/C15H15N5O4S/c21-13(19-6-1-2-7-19)9-12-17-18-15(25-12)16-14(22)10-4-3-5-11(8-10)20(23)24/h3-5,8H,1-2,6-7,9H2,(H,16,18,22). The molecule has 9 nitrogen and oxygen atoms in total. The van der Waals surface area contributed by atoms with Gasteiger partial charge in [0, 0.05) is 30.8 Å². The predicted molar refractivity (Wildman–Crippen MR) is 90.5 cm³/mol. The SMILES string of the molecule is O=C(Nc1nnc(CC(=O)N2CCCC2)s1)c1cccc([N+](=O)[O-])c1. The minimum absolute atomic E-state index is 0.00482. The summed E-state index contributed by atoms with van der Waals surface area (Å²) in [6.45, 7) is 1.54. The van der Waals surface area contributed by atoms with E-state index in [0.717, 1.165) is 37.3 Å². The second-order valence-electron chi connectivity index (χ2n) is 5.53. The normalized spacial score (nSPS) is 13.7. The van der Waals surface area contributed by atoms with E-state index < -0.39 is 10.8 Å². The van der Waals surface area contributed by atoms with Crippen LogP contribution in [-0.2, 0) is 11.2 Å². The molecule has 2 amide bonds. The number of likely N-dealkylation sites (tertiary alicyclic amines) is 1. The Kier molecular flexibility index (Phi) is 4.98. The summed E-state index contributed by atoms with van der Waals surface area (Å²) in [6.07, 6.45) is 2.20. The Balaban J connectivity index is 1.62. The van der Waals surface area contributed by atoms with Gasteiger partial charge in [0.15, 0.2) is 0 Å². The fourth-order valence-corrected chi connectivity index (χ4v) is 3.24. The molecule has 1 aliphatic heterocycles. The van der Waals surface area contributed by atoms with Gasteiger partial charge in [-0.3, -0.25) is 25.0 Å². The first kappa shape index (κ1) is 17.0. The molecule has 0 bridgehead atoms. The third-order valence-corrected chi connectivity index (χ3v) is 4.61. The summed E-state index contributed by atoms with van der Waals surface area (Å²) in [6, 6.07) is 5.41. The Morgan fingerprint density at radius 2 is 2.04 bits per heavy atom. The molecule has 2 heterocycles. The third-order valence-electron chi connectivity index (χ3n) is 3.77. The Hall–Kier alpha value is -2.88. The van der Waals surface area contributed by atoms with Gasteiger partial charge in [-0.15, -0.1) is 10.2 Å². The van der Waals surface area contributed by atoms with Crippen molar-refractivity contribution < 1.29 is 14.5 Å². The highest BCUT2D eigenvalue weighted by atomic mass is 32.1. The van der Waals surface area contributed by atoms with Gasteiger partial charge in [-0.05, 0) is 18.9 Å². The largest absolute Gasteiger partial charge is 0.342 e. The summed E-state index contributed by atoms with van der Waals surface area (Å²) < 4.78 is 0. The summed E-state index contributed by atoms with van der Waals surface area (Å²) in [5.74, 6) is -0.512. The van der Waals surface area contributed by atoms with E-state index in [2.05, 4.69) is 15.5 Å². The number of carbonyl (C=O) groups is 2. The monoisotopic (exact) mass is 361 g/mol. The van der Waals surface area contributed by atoms with E-state index in [-0.39, 0.29) is 28.7 Å². The van der Waals surface area contributed by atoms with Crippen LogP contribution in [0.15, 0.2) is 24.3 Å². The van der Waals surface area contributed by atoms with Crippen molar-refractivity contribution in [3.63, 3.8) is 0 Å². The van der Waals surface area contributed by atoms with Gasteiger partial charge in [-0.1, -0.05) is 17.4 Å². The summed E-state index contributed by atoms with van der Waals surface area (Å²) in [7, 11) is 0. The molecule has 130 valence electrons. The van der Waals surface area contributed by atoms with Crippen LogP contribution >= 0.6 is 11.3 Å². The third kappa shape index (κ3) is 4.15. The zero-order valence-electron chi connectivity index (χ0n) is 13.2. The number of nitrogens with one attached hydrogen (secondary N) is 1. The average molecular weight is 361 g/mol. The first-order valence-electron chi connectivity index (χ1n) is 7.69. The van der Waals surface area contributed by atoms with Gasteiger partial charge in [-0.2, -0.15) is 0 Å². The van der Waals surface area contributed by atoms with Gasteiger partial charge >= 0.3 is 0 Å². The Morgan fingerprint density at radius 1 is 1.28 bits per heavy atom. The maximum absolute atomic E-state index is 12.2. The molecule has 0 unspecified atom stereocenters. The number of carbonyl (C=O) groups excluding carboxylic acids is 2.